The molecule has 3 atom stereocenters. The van der Waals surface area contributed by atoms with Crippen LogP contribution in [0.3, 0.4) is 0 Å². The summed E-state index contributed by atoms with van der Waals surface area (Å²) in [5.41, 5.74) is 0. The first-order valence-electron chi connectivity index (χ1n) is 4.44. The van der Waals surface area contributed by atoms with Gasteiger partial charge in [0.1, 0.15) is 0 Å². The van der Waals surface area contributed by atoms with Crippen molar-refractivity contribution in [2.24, 2.45) is 5.92 Å². The number of aliphatic carboxylic acids is 2. The summed E-state index contributed by atoms with van der Waals surface area (Å²) in [4.78, 5) is 19.9. The normalized spacial score (nSPS) is 12.5. The second-order valence-corrected chi connectivity index (χ2v) is 3.12. The van der Waals surface area contributed by atoms with Crippen LogP contribution in [0.4, 0.5) is 0 Å². The molecule has 0 bridgehead atoms. The maximum Gasteiger partial charge on any atom is 0.303 e. The second-order valence-electron chi connectivity index (χ2n) is 2.79. The SMILES string of the molecule is [CH2-]C(NP)C(=O)O.[CH2-]CC(CC)C(=O)O.[Y]. The standard InChI is InChI=1S/C6H11O2.C3H7NO2P.Y/c1-3-5(4-2)6(7)8;1-2(4-7)3(5)6;/h5H,1,3-4H2,2H3,(H,7,8);2,4H,1,7H2,(H,5,6);/q2*-1;. The van der Waals surface area contributed by atoms with Crippen molar-refractivity contribution in [1.29, 1.82) is 0 Å². The van der Waals surface area contributed by atoms with E-state index in [2.05, 4.69) is 28.3 Å². The third-order valence-electron chi connectivity index (χ3n) is 1.69. The fraction of sp³-hybridized carbons (Fsp3) is 0.556. The monoisotopic (exact) mass is 324 g/mol. The molecule has 0 aliphatic heterocycles. The predicted molar refractivity (Wildman–Crippen MR) is 61.0 cm³/mol. The van der Waals surface area contributed by atoms with Crippen molar-refractivity contribution in [2.75, 3.05) is 0 Å². The van der Waals surface area contributed by atoms with Crippen LogP contribution in [0.15, 0.2) is 0 Å². The predicted octanol–water partition coefficient (Wildman–Crippen LogP) is 0.972. The maximum absolute atomic E-state index is 10.1. The van der Waals surface area contributed by atoms with Gasteiger partial charge in [0, 0.05) is 38.6 Å². The molecule has 0 spiro atoms. The van der Waals surface area contributed by atoms with Gasteiger partial charge in [0.05, 0.1) is 0 Å². The van der Waals surface area contributed by atoms with Crippen LogP contribution in [0.5, 0.6) is 0 Å². The van der Waals surface area contributed by atoms with Gasteiger partial charge in [0.25, 0.3) is 5.97 Å². The van der Waals surface area contributed by atoms with Crippen molar-refractivity contribution in [1.82, 2.24) is 5.09 Å². The molecule has 93 valence electrons. The van der Waals surface area contributed by atoms with Gasteiger partial charge < -0.3 is 29.1 Å². The van der Waals surface area contributed by atoms with Gasteiger partial charge in [-0.2, -0.15) is 6.42 Å². The van der Waals surface area contributed by atoms with E-state index in [1.165, 1.54) is 0 Å². The molecular formula is C9H18NO4PY-2. The van der Waals surface area contributed by atoms with Crippen LogP contribution < -0.4 is 5.09 Å². The maximum atomic E-state index is 10.1. The van der Waals surface area contributed by atoms with Crippen LogP contribution in [0.1, 0.15) is 19.8 Å². The first-order valence-corrected chi connectivity index (χ1v) is 5.02. The van der Waals surface area contributed by atoms with E-state index in [1.54, 1.807) is 0 Å². The van der Waals surface area contributed by atoms with Crippen LogP contribution in [0, 0.1) is 19.8 Å². The Morgan fingerprint density at radius 3 is 1.81 bits per heavy atom. The summed E-state index contributed by atoms with van der Waals surface area (Å²) in [5, 5.41) is 18.7. The summed E-state index contributed by atoms with van der Waals surface area (Å²) >= 11 is 0. The van der Waals surface area contributed by atoms with Gasteiger partial charge in [0.2, 0.25) is 0 Å². The Morgan fingerprint density at radius 2 is 1.81 bits per heavy atom. The molecule has 0 fully saturated rings. The van der Waals surface area contributed by atoms with Crippen LogP contribution in [0.25, 0.3) is 0 Å². The molecule has 16 heavy (non-hydrogen) atoms. The van der Waals surface area contributed by atoms with E-state index in [0.717, 1.165) is 0 Å². The smallest absolute Gasteiger partial charge is 0.303 e. The largest absolute Gasteiger partial charge is 0.482 e. The molecule has 0 rings (SSSR count). The number of hydrogen-bond acceptors (Lipinski definition) is 3. The van der Waals surface area contributed by atoms with Gasteiger partial charge in [-0.3, -0.25) is 9.59 Å². The molecular weight excluding hydrogens is 306 g/mol. The Bertz CT molecular complexity index is 200. The minimum absolute atomic E-state index is 0. The summed E-state index contributed by atoms with van der Waals surface area (Å²) in [5.74, 6) is -1.92. The number of hydrogen-bond donors (Lipinski definition) is 3. The van der Waals surface area contributed by atoms with Gasteiger partial charge in [-0.15, -0.1) is 0 Å². The van der Waals surface area contributed by atoms with E-state index >= 15 is 0 Å². The molecule has 0 aromatic carbocycles. The minimum Gasteiger partial charge on any atom is -0.482 e. The quantitative estimate of drug-likeness (QED) is 0.518. The summed E-state index contributed by atoms with van der Waals surface area (Å²) in [6.07, 6.45) is 1.17. The zero-order chi connectivity index (χ0) is 12.4. The van der Waals surface area contributed by atoms with Gasteiger partial charge in [-0.05, 0) is 12.5 Å². The first kappa shape index (κ1) is 21.7. The van der Waals surface area contributed by atoms with Gasteiger partial charge in [0.15, 0.2) is 0 Å². The molecule has 7 heteroatoms. The number of nitrogens with one attached hydrogen (secondary N) is 1. The number of rotatable bonds is 5. The minimum atomic E-state index is -0.949. The number of carboxylic acids is 2. The van der Waals surface area contributed by atoms with E-state index in [4.69, 9.17) is 10.2 Å². The van der Waals surface area contributed by atoms with Crippen LogP contribution >= 0.6 is 9.39 Å². The van der Waals surface area contributed by atoms with Crippen molar-refractivity contribution in [3.63, 3.8) is 0 Å². The van der Waals surface area contributed by atoms with Crippen LogP contribution in [-0.4, -0.2) is 28.2 Å². The molecule has 0 saturated carbocycles. The molecule has 0 saturated heterocycles. The molecule has 3 N–H and O–H groups in total. The van der Waals surface area contributed by atoms with Crippen molar-refractivity contribution in [2.45, 2.75) is 25.8 Å². The molecule has 0 amide bonds. The van der Waals surface area contributed by atoms with Crippen molar-refractivity contribution in [3.8, 4) is 0 Å². The topological polar surface area (TPSA) is 86.6 Å². The van der Waals surface area contributed by atoms with Gasteiger partial charge in [-0.1, -0.05) is 16.3 Å². The average Bonchev–Trinajstić information content (AvgIpc) is 2.18. The van der Waals surface area contributed by atoms with E-state index in [0.29, 0.717) is 12.8 Å². The molecule has 0 aliphatic carbocycles. The Kier molecular flexibility index (Phi) is 18.3. The summed E-state index contributed by atoms with van der Waals surface area (Å²) in [7, 11) is 2.07. The zero-order valence-corrected chi connectivity index (χ0v) is 13.3. The average molecular weight is 324 g/mol. The molecule has 0 heterocycles. The van der Waals surface area contributed by atoms with Crippen molar-refractivity contribution >= 4 is 21.3 Å². The molecule has 0 aromatic rings. The number of carboxylic acid groups (broad SMARTS) is 2. The Hall–Kier alpha value is 0.434. The molecule has 1 radical (unpaired) electrons. The Labute approximate surface area is 124 Å². The van der Waals surface area contributed by atoms with E-state index in [9.17, 15) is 9.59 Å². The fourth-order valence-corrected chi connectivity index (χ4v) is 0.716. The van der Waals surface area contributed by atoms with E-state index < -0.39 is 18.0 Å². The Morgan fingerprint density at radius 1 is 1.38 bits per heavy atom. The molecule has 0 aromatic heterocycles. The summed E-state index contributed by atoms with van der Waals surface area (Å²) in [6, 6.07) is -0.718. The first-order chi connectivity index (χ1) is 6.90. The summed E-state index contributed by atoms with van der Waals surface area (Å²) in [6.45, 7) is 8.57. The van der Waals surface area contributed by atoms with Crippen LogP contribution in [0.2, 0.25) is 0 Å². The fourth-order valence-electron chi connectivity index (χ4n) is 0.574. The van der Waals surface area contributed by atoms with Gasteiger partial charge >= 0.3 is 5.97 Å². The van der Waals surface area contributed by atoms with E-state index in [-0.39, 0.29) is 38.6 Å². The van der Waals surface area contributed by atoms with Gasteiger partial charge in [-0.25, -0.2) is 0 Å². The molecule has 3 unspecified atom stereocenters. The summed E-state index contributed by atoms with van der Waals surface area (Å²) < 4.78 is 0. The second kappa shape index (κ2) is 13.5. The molecule has 5 nitrogen and oxygen atoms in total. The third-order valence-corrected chi connectivity index (χ3v) is 2.09. The Balaban J connectivity index is -0.000000200. The van der Waals surface area contributed by atoms with Crippen molar-refractivity contribution in [3.05, 3.63) is 13.8 Å². The van der Waals surface area contributed by atoms with Crippen molar-refractivity contribution < 1.29 is 52.5 Å². The molecule has 0 aliphatic rings. The third kappa shape index (κ3) is 12.5. The zero-order valence-electron chi connectivity index (χ0n) is 9.35. The number of carbonyl (C=O) groups is 2. The van der Waals surface area contributed by atoms with Crippen LogP contribution in [-0.2, 0) is 42.3 Å². The van der Waals surface area contributed by atoms with E-state index in [1.807, 2.05) is 6.92 Å².